The zero-order valence-electron chi connectivity index (χ0n) is 33.3. The molecule has 12 nitrogen and oxygen atoms in total. The predicted octanol–water partition coefficient (Wildman–Crippen LogP) is 8.28. The first-order valence-corrected chi connectivity index (χ1v) is 23.2. The van der Waals surface area contributed by atoms with Gasteiger partial charge >= 0.3 is 0 Å². The van der Waals surface area contributed by atoms with Gasteiger partial charge in [0, 0.05) is 45.0 Å². The molecule has 4 aromatic rings. The molecule has 3 aromatic heterocycles. The number of hydrogen-bond acceptors (Lipinski definition) is 8. The third-order valence-electron chi connectivity index (χ3n) is 9.26. The Morgan fingerprint density at radius 2 is 1.78 bits per heavy atom. The molecule has 0 spiro atoms. The van der Waals surface area contributed by atoms with Crippen molar-refractivity contribution in [1.29, 1.82) is 0 Å². The van der Waals surface area contributed by atoms with E-state index in [-0.39, 0.29) is 61.6 Å². The first-order valence-electron chi connectivity index (χ1n) is 18.4. The number of benzene rings is 1. The number of hydrogen-bond donors (Lipinski definition) is 2. The summed E-state index contributed by atoms with van der Waals surface area (Å²) in [6.45, 7) is 21.0. The van der Waals surface area contributed by atoms with Crippen LogP contribution in [0.2, 0.25) is 41.0 Å². The Bertz CT molecular complexity index is 2160. The molecule has 1 unspecified atom stereocenters. The van der Waals surface area contributed by atoms with E-state index in [9.17, 15) is 14.4 Å². The summed E-state index contributed by atoms with van der Waals surface area (Å²) in [6, 6.07) is 6.03. The van der Waals surface area contributed by atoms with Gasteiger partial charge in [0.25, 0.3) is 11.5 Å². The normalized spacial score (nSPS) is 15.4. The van der Waals surface area contributed by atoms with Crippen LogP contribution in [-0.2, 0) is 23.1 Å². The van der Waals surface area contributed by atoms with Crippen LogP contribution >= 0.6 is 34.8 Å². The number of ether oxygens (including phenoxy) is 2. The standard InChI is InChI=1S/C39H52Cl3N7O5Si/c1-23-21-53-12-11-49(23)30-17-29(28(41)18-43-30)44-31(50)20-48-19-26(32-34(48)45-37(42)47(7)36(32)52)24-15-25(35(51)46-39(5,6)22-38(2,3)4)33(27(40)16-24)54-13-14-55(8,9)10/h15-19,23H,11-14,20-22H2,1-10H3,(H,46,51)(H,43,44,50). The highest BCUT2D eigenvalue weighted by Crippen LogP contribution is 2.38. The number of nitrogens with one attached hydrogen (secondary N) is 2. The largest absolute Gasteiger partial charge is 0.491 e. The summed E-state index contributed by atoms with van der Waals surface area (Å²) < 4.78 is 14.6. The summed E-state index contributed by atoms with van der Waals surface area (Å²) in [6.07, 6.45) is 3.86. The lowest BCUT2D eigenvalue weighted by Crippen LogP contribution is -2.46. The molecule has 0 aliphatic carbocycles. The number of fused-ring (bicyclic) bond motifs is 1. The molecule has 16 heteroatoms. The Balaban J connectivity index is 1.56. The molecule has 4 heterocycles. The van der Waals surface area contributed by atoms with Crippen LogP contribution in [0.3, 0.4) is 0 Å². The van der Waals surface area contributed by atoms with Gasteiger partial charge in [-0.1, -0.05) is 63.6 Å². The zero-order valence-corrected chi connectivity index (χ0v) is 36.6. The van der Waals surface area contributed by atoms with Crippen molar-refractivity contribution in [2.45, 2.75) is 91.8 Å². The van der Waals surface area contributed by atoms with E-state index in [1.54, 1.807) is 29.0 Å². The summed E-state index contributed by atoms with van der Waals surface area (Å²) >= 11 is 19.9. The Morgan fingerprint density at radius 1 is 1.07 bits per heavy atom. The molecule has 55 heavy (non-hydrogen) atoms. The van der Waals surface area contributed by atoms with Crippen molar-refractivity contribution in [2.24, 2.45) is 12.5 Å². The van der Waals surface area contributed by atoms with Crippen molar-refractivity contribution < 1.29 is 19.1 Å². The van der Waals surface area contributed by atoms with E-state index in [1.165, 1.54) is 17.8 Å². The molecule has 1 aliphatic rings. The van der Waals surface area contributed by atoms with Gasteiger partial charge in [0.05, 0.1) is 58.7 Å². The maximum absolute atomic E-state index is 14.2. The number of anilines is 2. The summed E-state index contributed by atoms with van der Waals surface area (Å²) in [5, 5.41) is 6.70. The van der Waals surface area contributed by atoms with Crippen LogP contribution in [0.15, 0.2) is 35.4 Å². The number of amides is 2. The number of nitrogens with zero attached hydrogens (tertiary/aromatic N) is 5. The molecule has 0 bridgehead atoms. The minimum atomic E-state index is -1.48. The lowest BCUT2D eigenvalue weighted by atomic mass is 9.81. The van der Waals surface area contributed by atoms with Gasteiger partial charge in [-0.3, -0.25) is 19.0 Å². The van der Waals surface area contributed by atoms with Crippen LogP contribution < -0.4 is 25.8 Å². The SMILES string of the molecule is CC1COCCN1c1cc(NC(=O)Cn2cc(-c3cc(Cl)c(OCC[Si](C)(C)C)c(C(=O)NC(C)(C)CC(C)(C)C)c3)c3c(=O)n(C)c(Cl)nc32)c(Cl)cn1. The first-order chi connectivity index (χ1) is 25.5. The molecular weight excluding hydrogens is 781 g/mol. The molecule has 1 aromatic carbocycles. The highest BCUT2D eigenvalue weighted by Gasteiger charge is 2.30. The fraction of sp³-hybridized carbons (Fsp3) is 0.513. The second kappa shape index (κ2) is 16.5. The molecular formula is C39H52Cl3N7O5Si. The first kappa shape index (κ1) is 42.5. The Morgan fingerprint density at radius 3 is 2.44 bits per heavy atom. The van der Waals surface area contributed by atoms with Crippen molar-refractivity contribution in [1.82, 2.24) is 24.4 Å². The van der Waals surface area contributed by atoms with Crippen molar-refractivity contribution in [3.8, 4) is 16.9 Å². The van der Waals surface area contributed by atoms with Crippen LogP contribution in [0.1, 0.15) is 58.3 Å². The fourth-order valence-electron chi connectivity index (χ4n) is 6.99. The molecule has 2 amide bonds. The molecule has 298 valence electrons. The van der Waals surface area contributed by atoms with Gasteiger partial charge in [-0.2, -0.15) is 0 Å². The lowest BCUT2D eigenvalue weighted by molar-refractivity contribution is -0.116. The number of carbonyl (C=O) groups excluding carboxylic acids is 2. The highest BCUT2D eigenvalue weighted by molar-refractivity contribution is 6.76. The molecule has 0 radical (unpaired) electrons. The number of halogens is 3. The minimum absolute atomic E-state index is 0.0538. The Hall–Kier alpha value is -3.62. The van der Waals surface area contributed by atoms with Crippen LogP contribution in [-0.4, -0.2) is 76.9 Å². The quantitative estimate of drug-likeness (QED) is 0.108. The van der Waals surface area contributed by atoms with Gasteiger partial charge < -0.3 is 29.6 Å². The molecule has 1 aliphatic heterocycles. The number of aromatic nitrogens is 4. The second-order valence-electron chi connectivity index (χ2n) is 17.4. The van der Waals surface area contributed by atoms with E-state index in [0.717, 1.165) is 6.04 Å². The van der Waals surface area contributed by atoms with E-state index in [1.807, 2.05) is 20.8 Å². The monoisotopic (exact) mass is 831 g/mol. The second-order valence-corrected chi connectivity index (χ2v) is 24.1. The van der Waals surface area contributed by atoms with Crippen molar-refractivity contribution >= 4 is 77.2 Å². The zero-order chi connectivity index (χ0) is 40.6. The molecule has 1 fully saturated rings. The molecule has 1 atom stereocenters. The summed E-state index contributed by atoms with van der Waals surface area (Å²) in [5.74, 6) is 0.136. The number of rotatable bonds is 12. The predicted molar refractivity (Wildman–Crippen MR) is 225 cm³/mol. The fourth-order valence-corrected chi connectivity index (χ4v) is 8.29. The number of carbonyl (C=O) groups is 2. The third-order valence-corrected chi connectivity index (χ3v) is 11.9. The Labute approximate surface area is 338 Å². The van der Waals surface area contributed by atoms with Gasteiger partial charge in [0.2, 0.25) is 11.2 Å². The van der Waals surface area contributed by atoms with Gasteiger partial charge in [0.1, 0.15) is 18.0 Å². The molecule has 5 rings (SSSR count). The smallest absolute Gasteiger partial charge is 0.264 e. The summed E-state index contributed by atoms with van der Waals surface area (Å²) in [5.41, 5.74) is 0.629. The number of pyridine rings is 1. The Kier molecular flexibility index (Phi) is 12.7. The minimum Gasteiger partial charge on any atom is -0.491 e. The average Bonchev–Trinajstić information content (AvgIpc) is 3.41. The van der Waals surface area contributed by atoms with Gasteiger partial charge in [0.15, 0.2) is 5.75 Å². The molecule has 1 saturated heterocycles. The average molecular weight is 833 g/mol. The van der Waals surface area contributed by atoms with Crippen molar-refractivity contribution in [3.05, 3.63) is 61.8 Å². The summed E-state index contributed by atoms with van der Waals surface area (Å²) in [4.78, 5) is 52.8. The van der Waals surface area contributed by atoms with E-state index in [4.69, 9.17) is 44.3 Å². The van der Waals surface area contributed by atoms with E-state index < -0.39 is 25.1 Å². The third kappa shape index (κ3) is 10.4. The molecule has 0 saturated carbocycles. The van der Waals surface area contributed by atoms with E-state index in [0.29, 0.717) is 55.4 Å². The van der Waals surface area contributed by atoms with Crippen molar-refractivity contribution in [2.75, 3.05) is 36.6 Å². The maximum atomic E-state index is 14.2. The van der Waals surface area contributed by atoms with Gasteiger partial charge in [-0.15, -0.1) is 0 Å². The van der Waals surface area contributed by atoms with Gasteiger partial charge in [-0.05, 0) is 67.9 Å². The molecule has 2 N–H and O–H groups in total. The number of morpholine rings is 1. The summed E-state index contributed by atoms with van der Waals surface area (Å²) in [7, 11) is 0.0385. The van der Waals surface area contributed by atoms with Crippen LogP contribution in [0, 0.1) is 5.41 Å². The lowest BCUT2D eigenvalue weighted by Gasteiger charge is -2.34. The van der Waals surface area contributed by atoms with Crippen molar-refractivity contribution in [3.63, 3.8) is 0 Å². The van der Waals surface area contributed by atoms with E-state index in [2.05, 4.69) is 65.9 Å². The maximum Gasteiger partial charge on any atom is 0.264 e. The topological polar surface area (TPSA) is 133 Å². The highest BCUT2D eigenvalue weighted by atomic mass is 35.5. The van der Waals surface area contributed by atoms with Gasteiger partial charge in [-0.25, -0.2) is 9.97 Å². The van der Waals surface area contributed by atoms with Crippen LogP contribution in [0.5, 0.6) is 5.75 Å². The van der Waals surface area contributed by atoms with E-state index >= 15 is 0 Å². The van der Waals surface area contributed by atoms with Crippen LogP contribution in [0.4, 0.5) is 11.5 Å². The van der Waals surface area contributed by atoms with Crippen LogP contribution in [0.25, 0.3) is 22.2 Å².